The average Bonchev–Trinajstić information content (AvgIpc) is 2.46. The highest BCUT2D eigenvalue weighted by molar-refractivity contribution is 5.82. The van der Waals surface area contributed by atoms with E-state index in [0.29, 0.717) is 50.9 Å². The number of ether oxygens (including phenoxy) is 2. The van der Waals surface area contributed by atoms with Gasteiger partial charge < -0.3 is 14.4 Å². The topological polar surface area (TPSA) is 51.7 Å². The van der Waals surface area contributed by atoms with E-state index in [1.807, 2.05) is 18.7 Å². The molecule has 0 aliphatic rings. The lowest BCUT2D eigenvalue weighted by molar-refractivity contribution is 0.112. The summed E-state index contributed by atoms with van der Waals surface area (Å²) in [5.74, 6) is 0.692. The first-order chi connectivity index (χ1) is 9.33. The van der Waals surface area contributed by atoms with Crippen molar-refractivity contribution in [3.05, 3.63) is 23.9 Å². The Balaban J connectivity index is 2.72. The molecule has 0 unspecified atom stereocenters. The van der Waals surface area contributed by atoms with E-state index >= 15 is 0 Å². The molecule has 0 N–H and O–H groups in total. The number of aldehydes is 1. The quantitative estimate of drug-likeness (QED) is 0.477. The second kappa shape index (κ2) is 9.47. The van der Waals surface area contributed by atoms with Gasteiger partial charge in [-0.15, -0.1) is 0 Å². The number of nitrogens with zero attached hydrogens (tertiary/aromatic N) is 2. The number of pyridine rings is 1. The summed E-state index contributed by atoms with van der Waals surface area (Å²) in [7, 11) is 0. The van der Waals surface area contributed by atoms with Crippen molar-refractivity contribution >= 4 is 12.1 Å². The van der Waals surface area contributed by atoms with Crippen LogP contribution < -0.4 is 4.90 Å². The largest absolute Gasteiger partial charge is 0.380 e. The van der Waals surface area contributed by atoms with E-state index in [2.05, 4.69) is 4.98 Å². The van der Waals surface area contributed by atoms with Crippen LogP contribution in [0.1, 0.15) is 24.2 Å². The summed E-state index contributed by atoms with van der Waals surface area (Å²) in [6.07, 6.45) is 2.52. The maximum atomic E-state index is 11.1. The number of anilines is 1. The molecule has 0 atom stereocenters. The van der Waals surface area contributed by atoms with Gasteiger partial charge in [-0.2, -0.15) is 0 Å². The van der Waals surface area contributed by atoms with Crippen LogP contribution in [0.5, 0.6) is 0 Å². The van der Waals surface area contributed by atoms with Gasteiger partial charge in [0, 0.05) is 32.5 Å². The molecule has 106 valence electrons. The zero-order chi connectivity index (χ0) is 13.9. The van der Waals surface area contributed by atoms with Crippen molar-refractivity contribution < 1.29 is 14.3 Å². The second-order valence-corrected chi connectivity index (χ2v) is 3.91. The van der Waals surface area contributed by atoms with Crippen LogP contribution in [0.2, 0.25) is 0 Å². The molecule has 0 aromatic carbocycles. The minimum absolute atomic E-state index is 0.593. The van der Waals surface area contributed by atoms with Crippen LogP contribution in [0.25, 0.3) is 0 Å². The summed E-state index contributed by atoms with van der Waals surface area (Å²) in [5.41, 5.74) is 0.593. The van der Waals surface area contributed by atoms with E-state index in [9.17, 15) is 4.79 Å². The molecule has 0 saturated carbocycles. The van der Waals surface area contributed by atoms with Crippen molar-refractivity contribution in [1.29, 1.82) is 0 Å². The lowest BCUT2D eigenvalue weighted by atomic mass is 10.2. The summed E-state index contributed by atoms with van der Waals surface area (Å²) in [6, 6.07) is 3.53. The molecular formula is C14H22N2O3. The third kappa shape index (κ3) is 5.36. The zero-order valence-electron chi connectivity index (χ0n) is 11.7. The zero-order valence-corrected chi connectivity index (χ0v) is 11.7. The smallest absolute Gasteiger partial charge is 0.153 e. The molecule has 0 amide bonds. The van der Waals surface area contributed by atoms with Crippen LogP contribution in [-0.4, -0.2) is 50.8 Å². The Hall–Kier alpha value is -1.46. The van der Waals surface area contributed by atoms with E-state index in [-0.39, 0.29) is 0 Å². The van der Waals surface area contributed by atoms with E-state index in [1.165, 1.54) is 0 Å². The molecule has 1 aromatic heterocycles. The first-order valence-electron chi connectivity index (χ1n) is 6.64. The highest BCUT2D eigenvalue weighted by Crippen LogP contribution is 2.14. The predicted octanol–water partition coefficient (Wildman–Crippen LogP) is 1.77. The Morgan fingerprint density at radius 3 is 2.37 bits per heavy atom. The molecule has 1 aromatic rings. The van der Waals surface area contributed by atoms with Crippen LogP contribution in [0, 0.1) is 0 Å². The summed E-state index contributed by atoms with van der Waals surface area (Å²) in [5, 5.41) is 0. The van der Waals surface area contributed by atoms with Gasteiger partial charge in [-0.1, -0.05) is 0 Å². The minimum Gasteiger partial charge on any atom is -0.380 e. The number of hydrogen-bond donors (Lipinski definition) is 0. The standard InChI is InChI=1S/C14H22N2O3/c1-3-18-10-8-16(9-11-19-4-2)14-13(12-17)6-5-7-15-14/h5-7,12H,3-4,8-11H2,1-2H3. The minimum atomic E-state index is 0.593. The number of carbonyl (C=O) groups is 1. The summed E-state index contributed by atoms with van der Waals surface area (Å²) in [4.78, 5) is 17.4. The molecule has 0 bridgehead atoms. The maximum absolute atomic E-state index is 11.1. The lowest BCUT2D eigenvalue weighted by Gasteiger charge is -2.24. The number of rotatable bonds is 10. The van der Waals surface area contributed by atoms with E-state index in [0.717, 1.165) is 6.29 Å². The van der Waals surface area contributed by atoms with Crippen LogP contribution in [0.15, 0.2) is 18.3 Å². The number of carbonyl (C=O) groups excluding carboxylic acids is 1. The molecule has 1 rings (SSSR count). The Bertz CT molecular complexity index is 361. The Kier molecular flexibility index (Phi) is 7.77. The fraction of sp³-hybridized carbons (Fsp3) is 0.571. The Labute approximate surface area is 114 Å². The van der Waals surface area contributed by atoms with Crippen molar-refractivity contribution in [2.45, 2.75) is 13.8 Å². The van der Waals surface area contributed by atoms with Crippen LogP contribution in [0.3, 0.4) is 0 Å². The molecule has 0 radical (unpaired) electrons. The Morgan fingerprint density at radius 1 is 1.21 bits per heavy atom. The normalized spacial score (nSPS) is 10.4. The highest BCUT2D eigenvalue weighted by atomic mass is 16.5. The lowest BCUT2D eigenvalue weighted by Crippen LogP contribution is -2.32. The van der Waals surface area contributed by atoms with E-state index < -0.39 is 0 Å². The van der Waals surface area contributed by atoms with Gasteiger partial charge in [-0.25, -0.2) is 4.98 Å². The van der Waals surface area contributed by atoms with Gasteiger partial charge in [0.15, 0.2) is 6.29 Å². The molecule has 1 heterocycles. The predicted molar refractivity (Wildman–Crippen MR) is 74.8 cm³/mol. The average molecular weight is 266 g/mol. The van der Waals surface area contributed by atoms with Gasteiger partial charge in [0.05, 0.1) is 18.8 Å². The van der Waals surface area contributed by atoms with Crippen LogP contribution >= 0.6 is 0 Å². The third-order valence-corrected chi connectivity index (χ3v) is 2.66. The molecule has 5 nitrogen and oxygen atoms in total. The van der Waals surface area contributed by atoms with Gasteiger partial charge in [0.2, 0.25) is 0 Å². The fourth-order valence-corrected chi connectivity index (χ4v) is 1.73. The van der Waals surface area contributed by atoms with Crippen molar-refractivity contribution in [3.63, 3.8) is 0 Å². The van der Waals surface area contributed by atoms with E-state index in [1.54, 1.807) is 18.3 Å². The first-order valence-corrected chi connectivity index (χ1v) is 6.64. The number of hydrogen-bond acceptors (Lipinski definition) is 5. The van der Waals surface area contributed by atoms with Crippen molar-refractivity contribution in [2.75, 3.05) is 44.4 Å². The van der Waals surface area contributed by atoms with Gasteiger partial charge in [-0.05, 0) is 26.0 Å². The van der Waals surface area contributed by atoms with Crippen molar-refractivity contribution in [3.8, 4) is 0 Å². The van der Waals surface area contributed by atoms with E-state index in [4.69, 9.17) is 9.47 Å². The highest BCUT2D eigenvalue weighted by Gasteiger charge is 2.11. The van der Waals surface area contributed by atoms with Gasteiger partial charge >= 0.3 is 0 Å². The van der Waals surface area contributed by atoms with Crippen LogP contribution in [-0.2, 0) is 9.47 Å². The molecule has 0 fully saturated rings. The molecule has 0 spiro atoms. The van der Waals surface area contributed by atoms with Crippen LogP contribution in [0.4, 0.5) is 5.82 Å². The molecular weight excluding hydrogens is 244 g/mol. The maximum Gasteiger partial charge on any atom is 0.153 e. The molecule has 0 aliphatic carbocycles. The van der Waals surface area contributed by atoms with Crippen molar-refractivity contribution in [1.82, 2.24) is 4.98 Å². The summed E-state index contributed by atoms with van der Waals surface area (Å²) >= 11 is 0. The molecule has 19 heavy (non-hydrogen) atoms. The SMILES string of the molecule is CCOCCN(CCOCC)c1ncccc1C=O. The molecule has 5 heteroatoms. The molecule has 0 saturated heterocycles. The summed E-state index contributed by atoms with van der Waals surface area (Å²) < 4.78 is 10.7. The van der Waals surface area contributed by atoms with Gasteiger partial charge in [0.25, 0.3) is 0 Å². The van der Waals surface area contributed by atoms with Crippen molar-refractivity contribution in [2.24, 2.45) is 0 Å². The second-order valence-electron chi connectivity index (χ2n) is 3.91. The monoisotopic (exact) mass is 266 g/mol. The molecule has 0 aliphatic heterocycles. The fourth-order valence-electron chi connectivity index (χ4n) is 1.73. The third-order valence-electron chi connectivity index (χ3n) is 2.66. The van der Waals surface area contributed by atoms with Gasteiger partial charge in [-0.3, -0.25) is 4.79 Å². The number of aromatic nitrogens is 1. The first kappa shape index (κ1) is 15.6. The summed E-state index contributed by atoms with van der Waals surface area (Å²) in [6.45, 7) is 7.89. The van der Waals surface area contributed by atoms with Gasteiger partial charge in [0.1, 0.15) is 5.82 Å². The Morgan fingerprint density at radius 2 is 1.84 bits per heavy atom.